The Kier molecular flexibility index (Phi) is 6.00. The van der Waals surface area contributed by atoms with Crippen LogP contribution in [-0.4, -0.2) is 19.0 Å². The van der Waals surface area contributed by atoms with E-state index < -0.39 is 4.92 Å². The molecule has 0 aromatic heterocycles. The number of anilines is 1. The summed E-state index contributed by atoms with van der Waals surface area (Å²) in [7, 11) is 3.29. The number of nitrogens with one attached hydrogen (secondary N) is 1. The second-order valence-electron chi connectivity index (χ2n) is 2.67. The fourth-order valence-corrected chi connectivity index (χ4v) is 1.05. The Hall–Kier alpha value is -1.66. The van der Waals surface area contributed by atoms with Gasteiger partial charge in [-0.25, -0.2) is 0 Å². The summed E-state index contributed by atoms with van der Waals surface area (Å²) in [5.41, 5.74) is 11.4. The van der Waals surface area contributed by atoms with Crippen LogP contribution in [0.15, 0.2) is 18.2 Å². The molecule has 1 rings (SSSR count). The van der Waals surface area contributed by atoms with Crippen molar-refractivity contribution >= 4 is 11.4 Å². The summed E-state index contributed by atoms with van der Waals surface area (Å²) in [5, 5.41) is 13.3. The van der Waals surface area contributed by atoms with Crippen LogP contribution >= 0.6 is 0 Å². The van der Waals surface area contributed by atoms with Gasteiger partial charge in [0.1, 0.15) is 0 Å². The molecule has 1 aromatic carbocycles. The molecule has 6 heteroatoms. The lowest BCUT2D eigenvalue weighted by Gasteiger charge is -2.03. The van der Waals surface area contributed by atoms with E-state index in [0.717, 1.165) is 5.56 Å². The van der Waals surface area contributed by atoms with Gasteiger partial charge in [0.2, 0.25) is 0 Å². The first kappa shape index (κ1) is 13.3. The molecule has 0 amide bonds. The van der Waals surface area contributed by atoms with E-state index in [2.05, 4.69) is 11.1 Å². The third kappa shape index (κ3) is 3.92. The Bertz CT molecular complexity index is 328. The normalized spacial score (nSPS) is 9.00. The van der Waals surface area contributed by atoms with Gasteiger partial charge in [-0.3, -0.25) is 10.1 Å². The number of nitrogen functional groups attached to an aromatic ring is 1. The molecule has 0 saturated carbocycles. The molecule has 15 heavy (non-hydrogen) atoms. The van der Waals surface area contributed by atoms with Crippen LogP contribution in [0.4, 0.5) is 11.4 Å². The number of nitrogens with zero attached hydrogens (tertiary/aromatic N) is 1. The van der Waals surface area contributed by atoms with Crippen molar-refractivity contribution in [2.45, 2.75) is 6.54 Å². The van der Waals surface area contributed by atoms with E-state index in [-0.39, 0.29) is 5.69 Å². The maximum Gasteiger partial charge on any atom is 0.271 e. The number of nitro groups is 1. The molecular weight excluding hydrogens is 196 g/mol. The number of nitro benzene ring substituents is 1. The third-order valence-corrected chi connectivity index (χ3v) is 1.71. The molecule has 0 radical (unpaired) electrons. The van der Waals surface area contributed by atoms with E-state index in [9.17, 15) is 10.1 Å². The van der Waals surface area contributed by atoms with E-state index in [1.165, 1.54) is 19.2 Å². The highest BCUT2D eigenvalue weighted by atomic mass is 16.6. The van der Waals surface area contributed by atoms with E-state index in [1.807, 2.05) is 0 Å². The van der Waals surface area contributed by atoms with E-state index in [4.69, 9.17) is 5.73 Å². The van der Waals surface area contributed by atoms with Crippen molar-refractivity contribution in [1.82, 2.24) is 5.32 Å². The average Bonchev–Trinajstić information content (AvgIpc) is 2.24. The molecule has 0 aliphatic rings. The first-order valence-electron chi connectivity index (χ1n) is 4.40. The molecule has 0 bridgehead atoms. The summed E-state index contributed by atoms with van der Waals surface area (Å²) < 4.78 is 0. The molecule has 0 saturated heterocycles. The van der Waals surface area contributed by atoms with Crippen LogP contribution in [0.3, 0.4) is 0 Å². The number of hydrogen-bond acceptors (Lipinski definition) is 5. The molecule has 0 fully saturated rings. The zero-order valence-corrected chi connectivity index (χ0v) is 8.86. The molecule has 0 aliphatic carbocycles. The van der Waals surface area contributed by atoms with Gasteiger partial charge in [-0.15, -0.1) is 0 Å². The molecule has 1 aromatic rings. The molecule has 0 unspecified atom stereocenters. The first-order valence-corrected chi connectivity index (χ1v) is 4.40. The Balaban J connectivity index is 0.000000921. The molecule has 0 aliphatic heterocycles. The van der Waals surface area contributed by atoms with Crippen molar-refractivity contribution in [3.8, 4) is 0 Å². The minimum atomic E-state index is -0.459. The van der Waals surface area contributed by atoms with Crippen molar-refractivity contribution in [3.05, 3.63) is 33.9 Å². The molecule has 0 spiro atoms. The van der Waals surface area contributed by atoms with Crippen LogP contribution in [0.25, 0.3) is 0 Å². The van der Waals surface area contributed by atoms with Gasteiger partial charge in [-0.1, -0.05) is 0 Å². The van der Waals surface area contributed by atoms with E-state index in [1.54, 1.807) is 13.1 Å². The van der Waals surface area contributed by atoms with E-state index in [0.29, 0.717) is 12.2 Å². The van der Waals surface area contributed by atoms with Crippen molar-refractivity contribution in [1.29, 1.82) is 0 Å². The fraction of sp³-hybridized carbons (Fsp3) is 0.333. The highest BCUT2D eigenvalue weighted by Crippen LogP contribution is 2.19. The summed E-state index contributed by atoms with van der Waals surface area (Å²) >= 11 is 0. The Morgan fingerprint density at radius 1 is 1.47 bits per heavy atom. The van der Waals surface area contributed by atoms with Gasteiger partial charge in [-0.2, -0.15) is 0 Å². The molecule has 0 heterocycles. The zero-order chi connectivity index (χ0) is 11.8. The summed E-state index contributed by atoms with van der Waals surface area (Å²) in [5.74, 6) is 0. The molecular formula is C9H16N4O2. The number of nitrogens with two attached hydrogens (primary N) is 2. The van der Waals surface area contributed by atoms with Gasteiger partial charge in [0, 0.05) is 24.4 Å². The first-order chi connectivity index (χ1) is 7.15. The Morgan fingerprint density at radius 3 is 2.47 bits per heavy atom. The monoisotopic (exact) mass is 212 g/mol. The van der Waals surface area contributed by atoms with Crippen molar-refractivity contribution in [3.63, 3.8) is 0 Å². The summed E-state index contributed by atoms with van der Waals surface area (Å²) in [6.45, 7) is 0.615. The van der Waals surface area contributed by atoms with Crippen LogP contribution in [0, 0.1) is 10.1 Å². The quantitative estimate of drug-likeness (QED) is 0.383. The fourth-order valence-electron chi connectivity index (χ4n) is 1.05. The third-order valence-electron chi connectivity index (χ3n) is 1.71. The van der Waals surface area contributed by atoms with Crippen LogP contribution in [0.1, 0.15) is 5.56 Å². The second kappa shape index (κ2) is 6.74. The van der Waals surface area contributed by atoms with Crippen LogP contribution in [-0.2, 0) is 6.54 Å². The number of rotatable bonds is 3. The Labute approximate surface area is 88.4 Å². The predicted octanol–water partition coefficient (Wildman–Crippen LogP) is 0.471. The SMILES string of the molecule is CN.CNCc1ccc([N+](=O)[O-])cc1N. The predicted molar refractivity (Wildman–Crippen MR) is 60.4 cm³/mol. The lowest BCUT2D eigenvalue weighted by molar-refractivity contribution is -0.384. The molecule has 5 N–H and O–H groups in total. The van der Waals surface area contributed by atoms with E-state index >= 15 is 0 Å². The van der Waals surface area contributed by atoms with Gasteiger partial charge < -0.3 is 16.8 Å². The van der Waals surface area contributed by atoms with Gasteiger partial charge in [0.25, 0.3) is 5.69 Å². The van der Waals surface area contributed by atoms with Crippen LogP contribution in [0.5, 0.6) is 0 Å². The van der Waals surface area contributed by atoms with Crippen molar-refractivity contribution < 1.29 is 4.92 Å². The van der Waals surface area contributed by atoms with Crippen molar-refractivity contribution in [2.75, 3.05) is 19.8 Å². The highest BCUT2D eigenvalue weighted by Gasteiger charge is 2.07. The Morgan fingerprint density at radius 2 is 2.07 bits per heavy atom. The number of non-ortho nitro benzene ring substituents is 1. The standard InChI is InChI=1S/C8H11N3O2.CH5N/c1-10-5-6-2-3-7(11(12)13)4-8(6)9;1-2/h2-4,10H,5,9H2,1H3;2H2,1H3. The summed E-state index contributed by atoms with van der Waals surface area (Å²) in [6.07, 6.45) is 0. The van der Waals surface area contributed by atoms with Gasteiger partial charge in [-0.05, 0) is 25.7 Å². The summed E-state index contributed by atoms with van der Waals surface area (Å²) in [4.78, 5) is 9.90. The van der Waals surface area contributed by atoms with Gasteiger partial charge in [0.15, 0.2) is 0 Å². The minimum absolute atomic E-state index is 0.0253. The second-order valence-corrected chi connectivity index (χ2v) is 2.67. The number of benzene rings is 1. The maximum atomic E-state index is 10.4. The lowest BCUT2D eigenvalue weighted by Crippen LogP contribution is -2.07. The molecule has 0 atom stereocenters. The topological polar surface area (TPSA) is 107 Å². The summed E-state index contributed by atoms with van der Waals surface area (Å²) in [6, 6.07) is 4.47. The minimum Gasteiger partial charge on any atom is -0.398 e. The van der Waals surface area contributed by atoms with Crippen LogP contribution < -0.4 is 16.8 Å². The average molecular weight is 212 g/mol. The van der Waals surface area contributed by atoms with Crippen LogP contribution in [0.2, 0.25) is 0 Å². The highest BCUT2D eigenvalue weighted by molar-refractivity contribution is 5.53. The molecule has 84 valence electrons. The molecule has 6 nitrogen and oxygen atoms in total. The smallest absolute Gasteiger partial charge is 0.271 e. The number of hydrogen-bond donors (Lipinski definition) is 3. The maximum absolute atomic E-state index is 10.4. The van der Waals surface area contributed by atoms with Gasteiger partial charge in [0.05, 0.1) is 4.92 Å². The zero-order valence-electron chi connectivity index (χ0n) is 8.86. The lowest BCUT2D eigenvalue weighted by atomic mass is 10.1. The van der Waals surface area contributed by atoms with Crippen molar-refractivity contribution in [2.24, 2.45) is 5.73 Å². The largest absolute Gasteiger partial charge is 0.398 e. The van der Waals surface area contributed by atoms with Gasteiger partial charge >= 0.3 is 0 Å².